The summed E-state index contributed by atoms with van der Waals surface area (Å²) in [6.07, 6.45) is 0.722. The Hall–Kier alpha value is -0.680. The van der Waals surface area contributed by atoms with Crippen molar-refractivity contribution in [1.82, 2.24) is 4.98 Å². The van der Waals surface area contributed by atoms with Gasteiger partial charge in [0.1, 0.15) is 4.83 Å². The van der Waals surface area contributed by atoms with Crippen LogP contribution in [0.5, 0.6) is 0 Å². The van der Waals surface area contributed by atoms with Crippen molar-refractivity contribution in [3.05, 3.63) is 28.2 Å². The minimum atomic E-state index is -0.971. The van der Waals surface area contributed by atoms with Crippen molar-refractivity contribution in [3.63, 3.8) is 0 Å². The molecule has 0 fully saturated rings. The van der Waals surface area contributed by atoms with Crippen LogP contribution in [0.3, 0.4) is 0 Å². The standard InChI is InChI=1S/C9H8ClNO2S/c1-13-9(12)7-6(10)5-3-2-4-11-8(5)14-7/h2-4,9,12H,1H3. The number of pyridine rings is 1. The van der Waals surface area contributed by atoms with E-state index in [0.717, 1.165) is 10.2 Å². The molecule has 0 spiro atoms. The molecule has 2 aromatic heterocycles. The highest BCUT2D eigenvalue weighted by Gasteiger charge is 2.17. The molecule has 1 atom stereocenters. The molecule has 0 aliphatic rings. The van der Waals surface area contributed by atoms with Crippen LogP contribution in [0.1, 0.15) is 11.2 Å². The van der Waals surface area contributed by atoms with Gasteiger partial charge in [0, 0.05) is 18.7 Å². The predicted molar refractivity (Wildman–Crippen MR) is 56.6 cm³/mol. The number of rotatable bonds is 2. The molecule has 2 rings (SSSR count). The van der Waals surface area contributed by atoms with Crippen molar-refractivity contribution < 1.29 is 9.84 Å². The molecule has 0 bridgehead atoms. The van der Waals surface area contributed by atoms with Crippen LogP contribution < -0.4 is 0 Å². The van der Waals surface area contributed by atoms with Crippen LogP contribution in [0.2, 0.25) is 5.02 Å². The molecule has 14 heavy (non-hydrogen) atoms. The SMILES string of the molecule is COC(O)c1sc2ncccc2c1Cl. The van der Waals surface area contributed by atoms with Crippen LogP contribution in [0, 0.1) is 0 Å². The summed E-state index contributed by atoms with van der Waals surface area (Å²) < 4.78 is 4.80. The molecule has 1 unspecified atom stereocenters. The Bertz CT molecular complexity index is 457. The number of aliphatic hydroxyl groups excluding tert-OH is 1. The molecule has 5 heteroatoms. The maximum Gasteiger partial charge on any atom is 0.191 e. The summed E-state index contributed by atoms with van der Waals surface area (Å²) in [6.45, 7) is 0. The monoisotopic (exact) mass is 229 g/mol. The maximum absolute atomic E-state index is 9.49. The highest BCUT2D eigenvalue weighted by Crippen LogP contribution is 2.37. The fourth-order valence-corrected chi connectivity index (χ4v) is 2.60. The second kappa shape index (κ2) is 3.82. The van der Waals surface area contributed by atoms with E-state index in [9.17, 15) is 5.11 Å². The summed E-state index contributed by atoms with van der Waals surface area (Å²) in [7, 11) is 1.43. The lowest BCUT2D eigenvalue weighted by atomic mass is 10.3. The van der Waals surface area contributed by atoms with Gasteiger partial charge in [0.25, 0.3) is 0 Å². The maximum atomic E-state index is 9.49. The lowest BCUT2D eigenvalue weighted by molar-refractivity contribution is -0.0742. The van der Waals surface area contributed by atoms with Gasteiger partial charge in [-0.1, -0.05) is 11.6 Å². The topological polar surface area (TPSA) is 42.4 Å². The molecule has 0 saturated carbocycles. The van der Waals surface area contributed by atoms with E-state index in [0.29, 0.717) is 9.90 Å². The van der Waals surface area contributed by atoms with Gasteiger partial charge >= 0.3 is 0 Å². The Kier molecular flexibility index (Phi) is 2.69. The van der Waals surface area contributed by atoms with Crippen molar-refractivity contribution in [3.8, 4) is 0 Å². The number of hydrogen-bond donors (Lipinski definition) is 1. The molecule has 2 aromatic rings. The van der Waals surface area contributed by atoms with Crippen molar-refractivity contribution in [2.45, 2.75) is 6.29 Å². The van der Waals surface area contributed by atoms with Gasteiger partial charge in [0.15, 0.2) is 6.29 Å². The molecule has 0 saturated heterocycles. The number of fused-ring (bicyclic) bond motifs is 1. The Morgan fingerprint density at radius 2 is 2.43 bits per heavy atom. The predicted octanol–water partition coefficient (Wildman–Crippen LogP) is 2.59. The minimum absolute atomic E-state index is 0.521. The molecule has 0 aliphatic carbocycles. The number of ether oxygens (including phenoxy) is 1. The summed E-state index contributed by atoms with van der Waals surface area (Å²) in [5, 5.41) is 10.9. The first-order valence-corrected chi connectivity index (χ1v) is 5.17. The third-order valence-corrected chi connectivity index (χ3v) is 3.54. The molecular formula is C9H8ClNO2S. The molecule has 0 aromatic carbocycles. The number of thiophene rings is 1. The Labute approximate surface area is 89.9 Å². The summed E-state index contributed by atoms with van der Waals surface area (Å²) in [5.74, 6) is 0. The van der Waals surface area contributed by atoms with Gasteiger partial charge in [-0.2, -0.15) is 0 Å². The van der Waals surface area contributed by atoms with E-state index in [1.54, 1.807) is 6.20 Å². The van der Waals surface area contributed by atoms with Crippen LogP contribution in [0.15, 0.2) is 18.3 Å². The van der Waals surface area contributed by atoms with Gasteiger partial charge < -0.3 is 9.84 Å². The number of aromatic nitrogens is 1. The average molecular weight is 230 g/mol. The van der Waals surface area contributed by atoms with Crippen LogP contribution in [-0.2, 0) is 4.74 Å². The number of hydrogen-bond acceptors (Lipinski definition) is 4. The quantitative estimate of drug-likeness (QED) is 0.805. The molecule has 2 heterocycles. The van der Waals surface area contributed by atoms with Crippen molar-refractivity contribution in [1.29, 1.82) is 0 Å². The first kappa shape index (κ1) is 9.86. The number of aliphatic hydroxyl groups is 1. The van der Waals surface area contributed by atoms with Gasteiger partial charge in [0.2, 0.25) is 0 Å². The zero-order chi connectivity index (χ0) is 10.1. The zero-order valence-corrected chi connectivity index (χ0v) is 8.97. The number of methoxy groups -OCH3 is 1. The third kappa shape index (κ3) is 1.50. The van der Waals surface area contributed by atoms with E-state index in [4.69, 9.17) is 16.3 Å². The second-order valence-corrected chi connectivity index (χ2v) is 4.13. The summed E-state index contributed by atoms with van der Waals surface area (Å²) in [5.41, 5.74) is 0. The molecule has 74 valence electrons. The van der Waals surface area contributed by atoms with Gasteiger partial charge in [-0.25, -0.2) is 4.98 Å². The lowest BCUT2D eigenvalue weighted by Crippen LogP contribution is -1.96. The second-order valence-electron chi connectivity index (χ2n) is 2.72. The molecule has 1 N–H and O–H groups in total. The van der Waals surface area contributed by atoms with E-state index >= 15 is 0 Å². The van der Waals surface area contributed by atoms with Crippen LogP contribution in [0.4, 0.5) is 0 Å². The van der Waals surface area contributed by atoms with Crippen LogP contribution in [-0.4, -0.2) is 17.2 Å². The summed E-state index contributed by atoms with van der Waals surface area (Å²) in [6, 6.07) is 3.68. The minimum Gasteiger partial charge on any atom is -0.364 e. The number of halogens is 1. The molecule has 0 radical (unpaired) electrons. The third-order valence-electron chi connectivity index (χ3n) is 1.88. The summed E-state index contributed by atoms with van der Waals surface area (Å²) in [4.78, 5) is 5.56. The van der Waals surface area contributed by atoms with Gasteiger partial charge in [0.05, 0.1) is 9.90 Å². The smallest absolute Gasteiger partial charge is 0.191 e. The molecular weight excluding hydrogens is 222 g/mol. The first-order valence-electron chi connectivity index (χ1n) is 3.98. The fraction of sp³-hybridized carbons (Fsp3) is 0.222. The molecule has 0 aliphatic heterocycles. The first-order chi connectivity index (χ1) is 6.74. The lowest BCUT2D eigenvalue weighted by Gasteiger charge is -2.04. The Morgan fingerprint density at radius 1 is 1.64 bits per heavy atom. The van der Waals surface area contributed by atoms with Crippen LogP contribution in [0.25, 0.3) is 10.2 Å². The van der Waals surface area contributed by atoms with Gasteiger partial charge in [-0.05, 0) is 12.1 Å². The Morgan fingerprint density at radius 3 is 3.07 bits per heavy atom. The largest absolute Gasteiger partial charge is 0.364 e. The van der Waals surface area contributed by atoms with Crippen LogP contribution >= 0.6 is 22.9 Å². The van der Waals surface area contributed by atoms with E-state index in [2.05, 4.69) is 4.98 Å². The van der Waals surface area contributed by atoms with Crippen molar-refractivity contribution in [2.24, 2.45) is 0 Å². The van der Waals surface area contributed by atoms with Crippen molar-refractivity contribution >= 4 is 33.2 Å². The van der Waals surface area contributed by atoms with E-state index in [-0.39, 0.29) is 0 Å². The number of nitrogens with zero attached hydrogens (tertiary/aromatic N) is 1. The summed E-state index contributed by atoms with van der Waals surface area (Å²) >= 11 is 7.40. The average Bonchev–Trinajstić information content (AvgIpc) is 2.56. The van der Waals surface area contributed by atoms with Crippen molar-refractivity contribution in [2.75, 3.05) is 7.11 Å². The van der Waals surface area contributed by atoms with E-state index in [1.807, 2.05) is 12.1 Å². The van der Waals surface area contributed by atoms with Gasteiger partial charge in [-0.3, -0.25) is 0 Å². The molecule has 0 amide bonds. The zero-order valence-electron chi connectivity index (χ0n) is 7.40. The fourth-order valence-electron chi connectivity index (χ4n) is 1.19. The normalized spacial score (nSPS) is 13.4. The van der Waals surface area contributed by atoms with Gasteiger partial charge in [-0.15, -0.1) is 11.3 Å². The van der Waals surface area contributed by atoms with E-state index in [1.165, 1.54) is 18.4 Å². The Balaban J connectivity index is 2.62. The highest BCUT2D eigenvalue weighted by molar-refractivity contribution is 7.19. The highest BCUT2D eigenvalue weighted by atomic mass is 35.5. The van der Waals surface area contributed by atoms with E-state index < -0.39 is 6.29 Å². The molecule has 3 nitrogen and oxygen atoms in total.